The first-order chi connectivity index (χ1) is 8.36. The number of hydrogen-bond donors (Lipinski definition) is 2. The second-order valence-corrected chi connectivity index (χ2v) is 5.48. The molecule has 96 valence electrons. The predicted octanol–water partition coefficient (Wildman–Crippen LogP) is 1.07. The summed E-state index contributed by atoms with van der Waals surface area (Å²) in [6.07, 6.45) is 5.35. The highest BCUT2D eigenvalue weighted by atomic mass is 32.2. The van der Waals surface area contributed by atoms with Crippen LogP contribution in [0.5, 0.6) is 0 Å². The van der Waals surface area contributed by atoms with Gasteiger partial charge in [0.05, 0.1) is 10.5 Å². The van der Waals surface area contributed by atoms with Crippen molar-refractivity contribution < 1.29 is 18.3 Å². The van der Waals surface area contributed by atoms with E-state index in [4.69, 9.17) is 11.5 Å². The van der Waals surface area contributed by atoms with Gasteiger partial charge >= 0.3 is 5.97 Å². The molecule has 0 saturated heterocycles. The number of aromatic carboxylic acids is 1. The average Bonchev–Trinajstić information content (AvgIpc) is 2.28. The first-order valence-electron chi connectivity index (χ1n) is 5.16. The number of benzene rings is 1. The van der Waals surface area contributed by atoms with Gasteiger partial charge in [0.1, 0.15) is 0 Å². The van der Waals surface area contributed by atoms with E-state index < -0.39 is 22.0 Å². The van der Waals surface area contributed by atoms with Crippen molar-refractivity contribution in [3.63, 3.8) is 0 Å². The predicted molar refractivity (Wildman–Crippen MR) is 66.6 cm³/mol. The number of sulfonamides is 1. The molecule has 1 aromatic carbocycles. The molecule has 0 amide bonds. The molecule has 0 spiro atoms. The van der Waals surface area contributed by atoms with Gasteiger partial charge in [0.2, 0.25) is 10.0 Å². The van der Waals surface area contributed by atoms with Gasteiger partial charge in [0, 0.05) is 12.5 Å². The number of carboxylic acids is 1. The lowest BCUT2D eigenvalue weighted by atomic mass is 10.2. The van der Waals surface area contributed by atoms with Crippen LogP contribution in [-0.2, 0) is 10.0 Å². The highest BCUT2D eigenvalue weighted by Crippen LogP contribution is 2.12. The number of rotatable bonds is 5. The van der Waals surface area contributed by atoms with Crippen molar-refractivity contribution in [1.82, 2.24) is 4.72 Å². The molecule has 0 fully saturated rings. The number of carboxylic acid groups (broad SMARTS) is 1. The van der Waals surface area contributed by atoms with Crippen molar-refractivity contribution in [3.05, 3.63) is 29.8 Å². The molecule has 0 saturated carbocycles. The Morgan fingerprint density at radius 2 is 2.22 bits per heavy atom. The van der Waals surface area contributed by atoms with Crippen LogP contribution >= 0.6 is 0 Å². The third-order valence-corrected chi connectivity index (χ3v) is 3.76. The summed E-state index contributed by atoms with van der Waals surface area (Å²) in [5, 5.41) is 8.80. The van der Waals surface area contributed by atoms with Crippen LogP contribution in [0.3, 0.4) is 0 Å². The second-order valence-electron chi connectivity index (χ2n) is 3.76. The monoisotopic (exact) mass is 267 g/mol. The molecule has 0 radical (unpaired) electrons. The molecule has 1 atom stereocenters. The molecule has 0 aliphatic carbocycles. The highest BCUT2D eigenvalue weighted by molar-refractivity contribution is 7.89. The zero-order valence-corrected chi connectivity index (χ0v) is 10.6. The Bertz CT molecular complexity index is 586. The Labute approximate surface area is 106 Å². The van der Waals surface area contributed by atoms with E-state index in [0.717, 1.165) is 6.07 Å². The Morgan fingerprint density at radius 3 is 2.78 bits per heavy atom. The van der Waals surface area contributed by atoms with E-state index >= 15 is 0 Å². The second kappa shape index (κ2) is 5.67. The molecule has 0 aromatic heterocycles. The average molecular weight is 267 g/mol. The molecule has 2 N–H and O–H groups in total. The zero-order chi connectivity index (χ0) is 13.8. The standard InChI is InChI=1S/C12H13NO4S/c1-3-5-9(2)13-18(16,17)11-7-4-6-10(8-11)12(14)15/h1,4,6-9,13H,5H2,2H3,(H,14,15). The molecule has 1 rings (SSSR count). The van der Waals surface area contributed by atoms with Crippen LogP contribution in [-0.4, -0.2) is 25.5 Å². The minimum atomic E-state index is -3.75. The Hall–Kier alpha value is -1.84. The van der Waals surface area contributed by atoms with Crippen LogP contribution < -0.4 is 4.72 Å². The molecular formula is C12H13NO4S. The van der Waals surface area contributed by atoms with Crippen LogP contribution in [0, 0.1) is 12.3 Å². The van der Waals surface area contributed by atoms with E-state index in [2.05, 4.69) is 10.6 Å². The highest BCUT2D eigenvalue weighted by Gasteiger charge is 2.18. The SMILES string of the molecule is C#CCC(C)NS(=O)(=O)c1cccc(C(=O)O)c1. The zero-order valence-electron chi connectivity index (χ0n) is 9.75. The summed E-state index contributed by atoms with van der Waals surface area (Å²) in [5.74, 6) is 1.17. The van der Waals surface area contributed by atoms with Crippen molar-refractivity contribution in [1.29, 1.82) is 0 Å². The number of nitrogens with one attached hydrogen (secondary N) is 1. The maximum absolute atomic E-state index is 11.9. The van der Waals surface area contributed by atoms with Crippen molar-refractivity contribution in [2.45, 2.75) is 24.3 Å². The Morgan fingerprint density at radius 1 is 1.56 bits per heavy atom. The molecular weight excluding hydrogens is 254 g/mol. The molecule has 1 unspecified atom stereocenters. The largest absolute Gasteiger partial charge is 0.478 e. The minimum Gasteiger partial charge on any atom is -0.478 e. The Balaban J connectivity index is 3.02. The maximum atomic E-state index is 11.9. The van der Waals surface area contributed by atoms with Gasteiger partial charge in [-0.15, -0.1) is 12.3 Å². The third-order valence-electron chi connectivity index (χ3n) is 2.17. The smallest absolute Gasteiger partial charge is 0.335 e. The number of carbonyl (C=O) groups is 1. The first kappa shape index (κ1) is 14.2. The first-order valence-corrected chi connectivity index (χ1v) is 6.64. The molecule has 0 aliphatic heterocycles. The van der Waals surface area contributed by atoms with Crippen molar-refractivity contribution in [2.24, 2.45) is 0 Å². The van der Waals surface area contributed by atoms with Crippen molar-refractivity contribution >= 4 is 16.0 Å². The van der Waals surface area contributed by atoms with Crippen LogP contribution in [0.4, 0.5) is 0 Å². The molecule has 5 nitrogen and oxygen atoms in total. The summed E-state index contributed by atoms with van der Waals surface area (Å²) in [6.45, 7) is 1.64. The van der Waals surface area contributed by atoms with Crippen LogP contribution in [0.15, 0.2) is 29.2 Å². The summed E-state index contributed by atoms with van der Waals surface area (Å²) in [5.41, 5.74) is -0.0810. The minimum absolute atomic E-state index is 0.0810. The summed E-state index contributed by atoms with van der Waals surface area (Å²) < 4.78 is 26.2. The van der Waals surface area contributed by atoms with Gasteiger partial charge in [-0.2, -0.15) is 0 Å². The van der Waals surface area contributed by atoms with Gasteiger partial charge < -0.3 is 5.11 Å². The van der Waals surface area contributed by atoms with E-state index in [9.17, 15) is 13.2 Å². The molecule has 0 bridgehead atoms. The van der Waals surface area contributed by atoms with E-state index in [1.54, 1.807) is 6.92 Å². The van der Waals surface area contributed by atoms with Gasteiger partial charge in [-0.3, -0.25) is 0 Å². The van der Waals surface area contributed by atoms with E-state index in [-0.39, 0.29) is 16.9 Å². The summed E-state index contributed by atoms with van der Waals surface area (Å²) in [4.78, 5) is 10.7. The third kappa shape index (κ3) is 3.58. The van der Waals surface area contributed by atoms with Crippen LogP contribution in [0.25, 0.3) is 0 Å². The number of hydrogen-bond acceptors (Lipinski definition) is 3. The molecule has 0 aliphatic rings. The lowest BCUT2D eigenvalue weighted by Gasteiger charge is -2.11. The topological polar surface area (TPSA) is 83.5 Å². The van der Waals surface area contributed by atoms with E-state index in [0.29, 0.717) is 0 Å². The molecule has 18 heavy (non-hydrogen) atoms. The molecule has 0 heterocycles. The van der Waals surface area contributed by atoms with Crippen LogP contribution in [0.1, 0.15) is 23.7 Å². The lowest BCUT2D eigenvalue weighted by Crippen LogP contribution is -2.32. The molecule has 1 aromatic rings. The van der Waals surface area contributed by atoms with Crippen LogP contribution in [0.2, 0.25) is 0 Å². The Kier molecular flexibility index (Phi) is 4.48. The summed E-state index contributed by atoms with van der Waals surface area (Å²) in [7, 11) is -3.75. The fourth-order valence-electron chi connectivity index (χ4n) is 1.35. The normalized spacial score (nSPS) is 12.7. The van der Waals surface area contributed by atoms with Crippen molar-refractivity contribution in [3.8, 4) is 12.3 Å². The summed E-state index contributed by atoms with van der Waals surface area (Å²) >= 11 is 0. The fourth-order valence-corrected chi connectivity index (χ4v) is 2.64. The van der Waals surface area contributed by atoms with E-state index in [1.807, 2.05) is 0 Å². The molecule has 6 heteroatoms. The fraction of sp³-hybridized carbons (Fsp3) is 0.250. The van der Waals surface area contributed by atoms with E-state index in [1.165, 1.54) is 18.2 Å². The van der Waals surface area contributed by atoms with Gasteiger partial charge in [0.25, 0.3) is 0 Å². The quantitative estimate of drug-likeness (QED) is 0.782. The van der Waals surface area contributed by atoms with Gasteiger partial charge in [-0.05, 0) is 25.1 Å². The van der Waals surface area contributed by atoms with Gasteiger partial charge in [-0.1, -0.05) is 6.07 Å². The maximum Gasteiger partial charge on any atom is 0.335 e. The lowest BCUT2D eigenvalue weighted by molar-refractivity contribution is 0.0696. The van der Waals surface area contributed by atoms with Crippen molar-refractivity contribution in [2.75, 3.05) is 0 Å². The summed E-state index contributed by atoms with van der Waals surface area (Å²) in [6, 6.07) is 4.73. The van der Waals surface area contributed by atoms with Gasteiger partial charge in [0.15, 0.2) is 0 Å². The van der Waals surface area contributed by atoms with Gasteiger partial charge in [-0.25, -0.2) is 17.9 Å². The number of terminal acetylenes is 1.